The van der Waals surface area contributed by atoms with Gasteiger partial charge in [0.2, 0.25) is 0 Å². The number of nitrogens with zero attached hydrogens (tertiary/aromatic N) is 2. The predicted molar refractivity (Wildman–Crippen MR) is 84.4 cm³/mol. The van der Waals surface area contributed by atoms with E-state index in [1.165, 1.54) is 7.11 Å². The first kappa shape index (κ1) is 18.0. The molecular formula is C16H12BrN2NaO3. The standard InChI is InChI=1S/C16H13BrN2O3.Na/c1-9-11-7-6-10(17)8-13(11)19(18-9)12-4-3-5-14(22-2)15(12)16(20)21;/h3-8H,1-2H3,(H,20,21);/q;+1/p-1. The Labute approximate surface area is 163 Å². The smallest absolute Gasteiger partial charge is 0.545 e. The van der Waals surface area contributed by atoms with Gasteiger partial charge in [0.25, 0.3) is 0 Å². The fraction of sp³-hybridized carbons (Fsp3) is 0.125. The van der Waals surface area contributed by atoms with Crippen molar-refractivity contribution < 1.29 is 44.2 Å². The normalized spacial score (nSPS) is 10.4. The van der Waals surface area contributed by atoms with Crippen LogP contribution in [0.25, 0.3) is 16.6 Å². The fourth-order valence-electron chi connectivity index (χ4n) is 2.50. The summed E-state index contributed by atoms with van der Waals surface area (Å²) in [7, 11) is 1.43. The van der Waals surface area contributed by atoms with Crippen molar-refractivity contribution in [3.05, 3.63) is 52.1 Å². The van der Waals surface area contributed by atoms with E-state index in [-0.39, 0.29) is 40.9 Å². The summed E-state index contributed by atoms with van der Waals surface area (Å²) >= 11 is 3.43. The summed E-state index contributed by atoms with van der Waals surface area (Å²) in [6.07, 6.45) is 0. The molecule has 0 saturated carbocycles. The minimum atomic E-state index is -1.30. The second kappa shape index (κ2) is 7.05. The molecule has 0 atom stereocenters. The molecule has 5 nitrogen and oxygen atoms in total. The summed E-state index contributed by atoms with van der Waals surface area (Å²) in [6.45, 7) is 1.88. The van der Waals surface area contributed by atoms with Gasteiger partial charge in [-0.25, -0.2) is 4.68 Å². The molecule has 0 bridgehead atoms. The number of hydrogen-bond acceptors (Lipinski definition) is 4. The Balaban J connectivity index is 0.00000192. The summed E-state index contributed by atoms with van der Waals surface area (Å²) in [5.41, 5.74) is 2.02. The minimum absolute atomic E-state index is 0. The topological polar surface area (TPSA) is 67.2 Å². The molecule has 0 aliphatic rings. The molecule has 0 fully saturated rings. The Morgan fingerprint density at radius 1 is 1.30 bits per heavy atom. The van der Waals surface area contributed by atoms with E-state index in [0.717, 1.165) is 21.1 Å². The molecule has 0 aliphatic carbocycles. The van der Waals surface area contributed by atoms with Gasteiger partial charge in [-0.1, -0.05) is 22.0 Å². The molecule has 2 aromatic carbocycles. The van der Waals surface area contributed by atoms with Crippen LogP contribution in [-0.2, 0) is 0 Å². The summed E-state index contributed by atoms with van der Waals surface area (Å²) in [5, 5.41) is 17.0. The molecular weight excluding hydrogens is 371 g/mol. The molecule has 0 N–H and O–H groups in total. The second-order valence-corrected chi connectivity index (χ2v) is 5.72. The van der Waals surface area contributed by atoms with Gasteiger partial charge < -0.3 is 14.6 Å². The SMILES string of the molecule is COc1cccc(-n2nc(C)c3ccc(Br)cc32)c1C(=O)[O-].[Na+]. The monoisotopic (exact) mass is 382 g/mol. The molecule has 0 unspecified atom stereocenters. The molecule has 0 spiro atoms. The molecule has 0 saturated heterocycles. The van der Waals surface area contributed by atoms with Gasteiger partial charge >= 0.3 is 29.6 Å². The predicted octanol–water partition coefficient (Wildman–Crippen LogP) is -0.527. The number of carbonyl (C=O) groups is 1. The van der Waals surface area contributed by atoms with Gasteiger partial charge in [-0.05, 0) is 37.3 Å². The number of hydrogen-bond donors (Lipinski definition) is 0. The van der Waals surface area contributed by atoms with Gasteiger partial charge in [0, 0.05) is 9.86 Å². The first-order chi connectivity index (χ1) is 10.5. The number of carbonyl (C=O) groups excluding carboxylic acids is 1. The number of methoxy groups -OCH3 is 1. The van der Waals surface area contributed by atoms with Crippen LogP contribution in [0.1, 0.15) is 16.1 Å². The third-order valence-corrected chi connectivity index (χ3v) is 3.98. The Kier molecular flexibility index (Phi) is 5.52. The van der Waals surface area contributed by atoms with Gasteiger partial charge in [-0.15, -0.1) is 0 Å². The van der Waals surface area contributed by atoms with E-state index in [2.05, 4.69) is 21.0 Å². The van der Waals surface area contributed by atoms with E-state index in [1.54, 1.807) is 22.9 Å². The molecule has 0 amide bonds. The van der Waals surface area contributed by atoms with Crippen molar-refractivity contribution in [2.75, 3.05) is 7.11 Å². The number of aromatic carboxylic acids is 1. The molecule has 0 radical (unpaired) electrons. The first-order valence-corrected chi connectivity index (χ1v) is 7.36. The zero-order valence-corrected chi connectivity index (χ0v) is 16.5. The van der Waals surface area contributed by atoms with Gasteiger partial charge in [-0.3, -0.25) is 0 Å². The average Bonchev–Trinajstić information content (AvgIpc) is 2.82. The Hall–Kier alpha value is -1.34. The van der Waals surface area contributed by atoms with Crippen molar-refractivity contribution in [2.24, 2.45) is 0 Å². The van der Waals surface area contributed by atoms with E-state index in [1.807, 2.05) is 25.1 Å². The van der Waals surface area contributed by atoms with Crippen molar-refractivity contribution in [2.45, 2.75) is 6.92 Å². The van der Waals surface area contributed by atoms with Crippen LogP contribution in [-0.4, -0.2) is 22.9 Å². The Bertz CT molecular complexity index is 892. The van der Waals surface area contributed by atoms with Crippen LogP contribution in [0.2, 0.25) is 0 Å². The number of fused-ring (bicyclic) bond motifs is 1. The van der Waals surface area contributed by atoms with Crippen LogP contribution in [0.3, 0.4) is 0 Å². The van der Waals surface area contributed by atoms with Crippen molar-refractivity contribution in [3.63, 3.8) is 0 Å². The summed E-state index contributed by atoms with van der Waals surface area (Å²) in [5.74, 6) is -1.06. The van der Waals surface area contributed by atoms with Gasteiger partial charge in [0.05, 0.1) is 35.5 Å². The van der Waals surface area contributed by atoms with Crippen molar-refractivity contribution in [1.29, 1.82) is 0 Å². The summed E-state index contributed by atoms with van der Waals surface area (Å²) in [6, 6.07) is 10.8. The average molecular weight is 383 g/mol. The summed E-state index contributed by atoms with van der Waals surface area (Å²) < 4.78 is 7.63. The number of aromatic nitrogens is 2. The molecule has 1 heterocycles. The third-order valence-electron chi connectivity index (χ3n) is 3.48. The molecule has 23 heavy (non-hydrogen) atoms. The number of rotatable bonds is 3. The van der Waals surface area contributed by atoms with E-state index in [0.29, 0.717) is 5.69 Å². The number of benzene rings is 2. The van der Waals surface area contributed by atoms with E-state index < -0.39 is 5.97 Å². The first-order valence-electron chi connectivity index (χ1n) is 6.56. The molecule has 3 aromatic rings. The quantitative estimate of drug-likeness (QED) is 0.571. The van der Waals surface area contributed by atoms with Crippen LogP contribution < -0.4 is 39.4 Å². The maximum Gasteiger partial charge on any atom is 1.00 e. The van der Waals surface area contributed by atoms with Gasteiger partial charge in [0.15, 0.2) is 0 Å². The van der Waals surface area contributed by atoms with E-state index >= 15 is 0 Å². The maximum atomic E-state index is 11.5. The minimum Gasteiger partial charge on any atom is -0.545 e. The number of carboxylic acids is 1. The van der Waals surface area contributed by atoms with Crippen molar-refractivity contribution in [3.8, 4) is 11.4 Å². The van der Waals surface area contributed by atoms with E-state index in [4.69, 9.17) is 4.74 Å². The Morgan fingerprint density at radius 3 is 2.70 bits per heavy atom. The molecule has 0 aliphatic heterocycles. The molecule has 3 rings (SSSR count). The zero-order valence-electron chi connectivity index (χ0n) is 13.0. The van der Waals surface area contributed by atoms with Crippen molar-refractivity contribution in [1.82, 2.24) is 9.78 Å². The van der Waals surface area contributed by atoms with Crippen LogP contribution in [0.5, 0.6) is 5.75 Å². The zero-order chi connectivity index (χ0) is 15.9. The maximum absolute atomic E-state index is 11.5. The number of aryl methyl sites for hydroxylation is 1. The third kappa shape index (κ3) is 3.17. The van der Waals surface area contributed by atoms with Gasteiger partial charge in [-0.2, -0.15) is 5.10 Å². The van der Waals surface area contributed by atoms with Crippen LogP contribution in [0.15, 0.2) is 40.9 Å². The molecule has 7 heteroatoms. The number of halogens is 1. The van der Waals surface area contributed by atoms with Crippen molar-refractivity contribution >= 4 is 32.8 Å². The second-order valence-electron chi connectivity index (χ2n) is 4.80. The Morgan fingerprint density at radius 2 is 2.04 bits per heavy atom. The largest absolute Gasteiger partial charge is 1.00 e. The number of ether oxygens (including phenoxy) is 1. The molecule has 112 valence electrons. The van der Waals surface area contributed by atoms with Gasteiger partial charge in [0.1, 0.15) is 5.75 Å². The molecule has 1 aromatic heterocycles. The van der Waals surface area contributed by atoms with E-state index in [9.17, 15) is 9.90 Å². The van der Waals surface area contributed by atoms with Crippen LogP contribution >= 0.6 is 15.9 Å². The fourth-order valence-corrected chi connectivity index (χ4v) is 2.85. The number of carboxylic acid groups (broad SMARTS) is 1. The summed E-state index contributed by atoms with van der Waals surface area (Å²) in [4.78, 5) is 11.5. The van der Waals surface area contributed by atoms with Crippen LogP contribution in [0, 0.1) is 6.92 Å². The van der Waals surface area contributed by atoms with Crippen LogP contribution in [0.4, 0.5) is 0 Å².